The van der Waals surface area contributed by atoms with Crippen molar-refractivity contribution in [1.82, 2.24) is 19.5 Å². The summed E-state index contributed by atoms with van der Waals surface area (Å²) in [6.45, 7) is 2.59. The van der Waals surface area contributed by atoms with Crippen molar-refractivity contribution in [2.24, 2.45) is 5.92 Å². The summed E-state index contributed by atoms with van der Waals surface area (Å²) >= 11 is 0. The van der Waals surface area contributed by atoms with Gasteiger partial charge in [0.1, 0.15) is 0 Å². The SMILES string of the molecule is CN(CC(=O)NC[C@@H]1CCCN(S(C)(=O)=O)C1)Cc1ccncc1. The number of hydrogen-bond acceptors (Lipinski definition) is 5. The summed E-state index contributed by atoms with van der Waals surface area (Å²) in [7, 11) is -1.25. The van der Waals surface area contributed by atoms with Crippen LogP contribution < -0.4 is 5.32 Å². The van der Waals surface area contributed by atoms with Crippen molar-refractivity contribution in [3.63, 3.8) is 0 Å². The second-order valence-electron chi connectivity index (χ2n) is 6.46. The Morgan fingerprint density at radius 3 is 2.79 bits per heavy atom. The number of pyridine rings is 1. The summed E-state index contributed by atoms with van der Waals surface area (Å²) in [5.41, 5.74) is 1.11. The van der Waals surface area contributed by atoms with Gasteiger partial charge in [0.25, 0.3) is 0 Å². The standard InChI is InChI=1S/C16H26N4O3S/c1-19(11-14-5-7-17-8-6-14)13-16(21)18-10-15-4-3-9-20(12-15)24(2,22)23/h5-8,15H,3-4,9-13H2,1-2H3,(H,18,21)/t15-/m0/s1. The molecule has 0 spiro atoms. The Bertz CT molecular complexity index is 636. The molecule has 1 aromatic rings. The summed E-state index contributed by atoms with van der Waals surface area (Å²) in [6.07, 6.45) is 6.50. The molecule has 1 fully saturated rings. The van der Waals surface area contributed by atoms with E-state index in [1.165, 1.54) is 10.6 Å². The molecule has 0 aliphatic carbocycles. The number of carbonyl (C=O) groups is 1. The zero-order valence-electron chi connectivity index (χ0n) is 14.3. The molecule has 1 aliphatic heterocycles. The number of piperidine rings is 1. The number of nitrogens with one attached hydrogen (secondary N) is 1. The Balaban J connectivity index is 1.72. The quantitative estimate of drug-likeness (QED) is 0.762. The molecule has 1 aromatic heterocycles. The molecular weight excluding hydrogens is 328 g/mol. The third-order valence-corrected chi connectivity index (χ3v) is 5.42. The normalized spacial score (nSPS) is 19.4. The smallest absolute Gasteiger partial charge is 0.234 e. The maximum Gasteiger partial charge on any atom is 0.234 e. The third kappa shape index (κ3) is 6.18. The minimum atomic E-state index is -3.14. The maximum absolute atomic E-state index is 12.1. The summed E-state index contributed by atoms with van der Waals surface area (Å²) in [5, 5.41) is 2.93. The molecule has 0 bridgehead atoms. The molecular formula is C16H26N4O3S. The average molecular weight is 354 g/mol. The molecule has 2 heterocycles. The van der Waals surface area contributed by atoms with Crippen LogP contribution in [0, 0.1) is 5.92 Å². The molecule has 0 unspecified atom stereocenters. The fourth-order valence-corrected chi connectivity index (χ4v) is 3.85. The Kier molecular flexibility index (Phi) is 6.70. The van der Waals surface area contributed by atoms with Crippen LogP contribution >= 0.6 is 0 Å². The van der Waals surface area contributed by atoms with E-state index in [9.17, 15) is 13.2 Å². The average Bonchev–Trinajstić information content (AvgIpc) is 2.53. The fraction of sp³-hybridized carbons (Fsp3) is 0.625. The van der Waals surface area contributed by atoms with E-state index in [2.05, 4.69) is 10.3 Å². The molecule has 0 aromatic carbocycles. The van der Waals surface area contributed by atoms with E-state index in [1.54, 1.807) is 12.4 Å². The zero-order valence-corrected chi connectivity index (χ0v) is 15.1. The van der Waals surface area contributed by atoms with Gasteiger partial charge >= 0.3 is 0 Å². The van der Waals surface area contributed by atoms with Crippen LogP contribution in [0.4, 0.5) is 0 Å². The minimum absolute atomic E-state index is 0.0389. The number of amides is 1. The van der Waals surface area contributed by atoms with Crippen molar-refractivity contribution < 1.29 is 13.2 Å². The number of sulfonamides is 1. The lowest BCUT2D eigenvalue weighted by molar-refractivity contribution is -0.122. The largest absolute Gasteiger partial charge is 0.355 e. The van der Waals surface area contributed by atoms with Gasteiger partial charge in [-0.25, -0.2) is 12.7 Å². The number of aromatic nitrogens is 1. The van der Waals surface area contributed by atoms with Crippen molar-refractivity contribution in [3.8, 4) is 0 Å². The molecule has 134 valence electrons. The van der Waals surface area contributed by atoms with Crippen LogP contribution in [-0.2, 0) is 21.4 Å². The predicted octanol–water partition coefficient (Wildman–Crippen LogP) is 0.301. The monoisotopic (exact) mass is 354 g/mol. The van der Waals surface area contributed by atoms with Gasteiger partial charge in [-0.1, -0.05) is 0 Å². The van der Waals surface area contributed by atoms with E-state index < -0.39 is 10.0 Å². The van der Waals surface area contributed by atoms with E-state index in [0.717, 1.165) is 18.4 Å². The van der Waals surface area contributed by atoms with Gasteiger partial charge in [0.2, 0.25) is 15.9 Å². The molecule has 24 heavy (non-hydrogen) atoms. The number of hydrogen-bond donors (Lipinski definition) is 1. The molecule has 1 aliphatic rings. The molecule has 0 saturated carbocycles. The zero-order chi connectivity index (χ0) is 17.6. The number of rotatable bonds is 7. The van der Waals surface area contributed by atoms with Gasteiger partial charge in [-0.2, -0.15) is 0 Å². The van der Waals surface area contributed by atoms with Gasteiger partial charge in [-0.05, 0) is 43.5 Å². The van der Waals surface area contributed by atoms with E-state index in [-0.39, 0.29) is 11.8 Å². The van der Waals surface area contributed by atoms with Crippen molar-refractivity contribution in [1.29, 1.82) is 0 Å². The number of carbonyl (C=O) groups excluding carboxylic acids is 1. The summed E-state index contributed by atoms with van der Waals surface area (Å²) in [4.78, 5) is 18.0. The second kappa shape index (κ2) is 8.55. The lowest BCUT2D eigenvalue weighted by atomic mass is 10.00. The van der Waals surface area contributed by atoms with E-state index in [0.29, 0.717) is 32.7 Å². The minimum Gasteiger partial charge on any atom is -0.355 e. The van der Waals surface area contributed by atoms with Crippen molar-refractivity contribution in [2.75, 3.05) is 39.5 Å². The number of likely N-dealkylation sites (N-methyl/N-ethyl adjacent to an activating group) is 1. The molecule has 1 amide bonds. The van der Waals surface area contributed by atoms with Crippen LogP contribution in [0.3, 0.4) is 0 Å². The highest BCUT2D eigenvalue weighted by molar-refractivity contribution is 7.88. The molecule has 7 nitrogen and oxygen atoms in total. The van der Waals surface area contributed by atoms with Crippen molar-refractivity contribution >= 4 is 15.9 Å². The van der Waals surface area contributed by atoms with E-state index >= 15 is 0 Å². The summed E-state index contributed by atoms with van der Waals surface area (Å²) < 4.78 is 24.7. The van der Waals surface area contributed by atoms with E-state index in [4.69, 9.17) is 0 Å². The van der Waals surface area contributed by atoms with Crippen LogP contribution in [0.1, 0.15) is 18.4 Å². The Labute approximate surface area is 144 Å². The first-order valence-corrected chi connectivity index (χ1v) is 9.98. The summed E-state index contributed by atoms with van der Waals surface area (Å²) in [5.74, 6) is 0.144. The van der Waals surface area contributed by atoms with Crippen molar-refractivity contribution in [2.45, 2.75) is 19.4 Å². The van der Waals surface area contributed by atoms with Gasteiger partial charge in [-0.3, -0.25) is 14.7 Å². The lowest BCUT2D eigenvalue weighted by Gasteiger charge is -2.31. The lowest BCUT2D eigenvalue weighted by Crippen LogP contribution is -2.44. The van der Waals surface area contributed by atoms with Crippen LogP contribution in [0.5, 0.6) is 0 Å². The first kappa shape index (κ1) is 18.8. The highest BCUT2D eigenvalue weighted by Crippen LogP contribution is 2.17. The van der Waals surface area contributed by atoms with Crippen LogP contribution in [0.2, 0.25) is 0 Å². The predicted molar refractivity (Wildman–Crippen MR) is 92.7 cm³/mol. The fourth-order valence-electron chi connectivity index (χ4n) is 2.91. The van der Waals surface area contributed by atoms with Crippen molar-refractivity contribution in [3.05, 3.63) is 30.1 Å². The molecule has 0 radical (unpaired) electrons. The van der Waals surface area contributed by atoms with E-state index in [1.807, 2.05) is 24.1 Å². The van der Waals surface area contributed by atoms with Crippen LogP contribution in [-0.4, -0.2) is 68.0 Å². The van der Waals surface area contributed by atoms with Crippen LogP contribution in [0.25, 0.3) is 0 Å². The number of nitrogens with zero attached hydrogens (tertiary/aromatic N) is 3. The molecule has 1 N–H and O–H groups in total. The Morgan fingerprint density at radius 1 is 1.42 bits per heavy atom. The maximum atomic E-state index is 12.1. The topological polar surface area (TPSA) is 82.6 Å². The van der Waals surface area contributed by atoms with Gasteiger partial charge in [-0.15, -0.1) is 0 Å². The molecule has 2 rings (SSSR count). The highest BCUT2D eigenvalue weighted by Gasteiger charge is 2.26. The molecule has 1 saturated heterocycles. The van der Waals surface area contributed by atoms with Gasteiger partial charge in [0.05, 0.1) is 12.8 Å². The second-order valence-corrected chi connectivity index (χ2v) is 8.44. The molecule has 8 heteroatoms. The molecule has 1 atom stereocenters. The first-order valence-electron chi connectivity index (χ1n) is 8.14. The Hall–Kier alpha value is -1.51. The van der Waals surface area contributed by atoms with Crippen LogP contribution in [0.15, 0.2) is 24.5 Å². The first-order chi connectivity index (χ1) is 11.3. The highest BCUT2D eigenvalue weighted by atomic mass is 32.2. The van der Waals surface area contributed by atoms with Gasteiger partial charge in [0, 0.05) is 38.6 Å². The Morgan fingerprint density at radius 2 is 2.12 bits per heavy atom. The third-order valence-electron chi connectivity index (χ3n) is 4.15. The summed E-state index contributed by atoms with van der Waals surface area (Å²) in [6, 6.07) is 3.85. The van der Waals surface area contributed by atoms with Gasteiger partial charge < -0.3 is 5.32 Å². The van der Waals surface area contributed by atoms with Gasteiger partial charge in [0.15, 0.2) is 0 Å².